The van der Waals surface area contributed by atoms with Gasteiger partial charge in [0.1, 0.15) is 0 Å². The predicted molar refractivity (Wildman–Crippen MR) is 88.2 cm³/mol. The molecule has 3 heterocycles. The number of benzene rings is 1. The van der Waals surface area contributed by atoms with Crippen LogP contribution in [0.2, 0.25) is 0 Å². The van der Waals surface area contributed by atoms with Gasteiger partial charge in [-0.15, -0.1) is 0 Å². The SMILES string of the molecule is Cn1c(=O)n(CCC(=O)N2C[C@H]3CNC[C@H]3C2)c2ccccc21. The van der Waals surface area contributed by atoms with E-state index in [0.717, 1.165) is 37.2 Å². The van der Waals surface area contributed by atoms with Crippen LogP contribution in [0.4, 0.5) is 0 Å². The molecule has 0 radical (unpaired) electrons. The Labute approximate surface area is 134 Å². The molecule has 0 bridgehead atoms. The Morgan fingerprint density at radius 1 is 1.17 bits per heavy atom. The Morgan fingerprint density at radius 3 is 2.52 bits per heavy atom. The number of likely N-dealkylation sites (tertiary alicyclic amines) is 1. The zero-order valence-corrected chi connectivity index (χ0v) is 13.4. The highest BCUT2D eigenvalue weighted by atomic mass is 16.2. The van der Waals surface area contributed by atoms with Gasteiger partial charge in [-0.05, 0) is 24.0 Å². The Hall–Kier alpha value is -2.08. The number of amides is 1. The molecule has 2 aliphatic rings. The normalized spacial score (nSPS) is 23.6. The van der Waals surface area contributed by atoms with Gasteiger partial charge in [0.2, 0.25) is 5.91 Å². The number of carbonyl (C=O) groups excluding carboxylic acids is 1. The van der Waals surface area contributed by atoms with Crippen LogP contribution in [0.15, 0.2) is 29.1 Å². The summed E-state index contributed by atoms with van der Waals surface area (Å²) < 4.78 is 3.36. The van der Waals surface area contributed by atoms with E-state index in [4.69, 9.17) is 0 Å². The Kier molecular flexibility index (Phi) is 3.49. The van der Waals surface area contributed by atoms with Crippen molar-refractivity contribution in [1.82, 2.24) is 19.4 Å². The van der Waals surface area contributed by atoms with Crippen molar-refractivity contribution in [1.29, 1.82) is 0 Å². The van der Waals surface area contributed by atoms with Gasteiger partial charge in [-0.3, -0.25) is 13.9 Å². The van der Waals surface area contributed by atoms with Crippen LogP contribution in [0.25, 0.3) is 11.0 Å². The van der Waals surface area contributed by atoms with Crippen LogP contribution in [0.3, 0.4) is 0 Å². The molecule has 2 aromatic rings. The minimum absolute atomic E-state index is 0.0542. The second-order valence-corrected chi connectivity index (χ2v) is 6.71. The van der Waals surface area contributed by atoms with Gasteiger partial charge in [0.05, 0.1) is 11.0 Å². The molecule has 23 heavy (non-hydrogen) atoms. The quantitative estimate of drug-likeness (QED) is 0.892. The first-order valence-electron chi connectivity index (χ1n) is 8.28. The fourth-order valence-corrected chi connectivity index (χ4v) is 4.00. The lowest BCUT2D eigenvalue weighted by Gasteiger charge is -2.17. The van der Waals surface area contributed by atoms with Gasteiger partial charge in [0.15, 0.2) is 0 Å². The second-order valence-electron chi connectivity index (χ2n) is 6.71. The summed E-state index contributed by atoms with van der Waals surface area (Å²) in [6.07, 6.45) is 0.390. The molecule has 122 valence electrons. The van der Waals surface area contributed by atoms with E-state index in [1.165, 1.54) is 0 Å². The van der Waals surface area contributed by atoms with Crippen molar-refractivity contribution >= 4 is 16.9 Å². The van der Waals surface area contributed by atoms with Crippen LogP contribution in [-0.4, -0.2) is 46.1 Å². The smallest absolute Gasteiger partial charge is 0.328 e. The van der Waals surface area contributed by atoms with Crippen LogP contribution in [0.1, 0.15) is 6.42 Å². The van der Waals surface area contributed by atoms with Crippen molar-refractivity contribution in [3.05, 3.63) is 34.7 Å². The maximum atomic E-state index is 12.5. The first-order chi connectivity index (χ1) is 11.1. The highest BCUT2D eigenvalue weighted by Gasteiger charge is 2.37. The van der Waals surface area contributed by atoms with E-state index < -0.39 is 0 Å². The average molecular weight is 314 g/mol. The van der Waals surface area contributed by atoms with E-state index in [1.54, 1.807) is 16.2 Å². The number of para-hydroxylation sites is 2. The number of hydrogen-bond acceptors (Lipinski definition) is 3. The van der Waals surface area contributed by atoms with Crippen molar-refractivity contribution in [3.63, 3.8) is 0 Å². The molecule has 0 spiro atoms. The summed E-state index contributed by atoms with van der Waals surface area (Å²) in [6, 6.07) is 7.72. The summed E-state index contributed by atoms with van der Waals surface area (Å²) in [5, 5.41) is 3.39. The van der Waals surface area contributed by atoms with Crippen molar-refractivity contribution < 1.29 is 4.79 Å². The Balaban J connectivity index is 1.48. The summed E-state index contributed by atoms with van der Waals surface area (Å²) >= 11 is 0. The number of hydrogen-bond donors (Lipinski definition) is 1. The first-order valence-corrected chi connectivity index (χ1v) is 8.28. The minimum Gasteiger partial charge on any atom is -0.342 e. The fraction of sp³-hybridized carbons (Fsp3) is 0.529. The van der Waals surface area contributed by atoms with Crippen LogP contribution >= 0.6 is 0 Å². The zero-order valence-electron chi connectivity index (χ0n) is 13.4. The summed E-state index contributed by atoms with van der Waals surface area (Å²) in [6.45, 7) is 4.22. The number of nitrogens with zero attached hydrogens (tertiary/aromatic N) is 3. The largest absolute Gasteiger partial charge is 0.342 e. The Morgan fingerprint density at radius 2 is 1.83 bits per heavy atom. The number of nitrogens with one attached hydrogen (secondary N) is 1. The van der Waals surface area contributed by atoms with Crippen LogP contribution in [0, 0.1) is 11.8 Å². The molecule has 2 atom stereocenters. The van der Waals surface area contributed by atoms with Gasteiger partial charge in [0.25, 0.3) is 0 Å². The molecule has 4 rings (SSSR count). The number of fused-ring (bicyclic) bond motifs is 2. The molecule has 6 heteroatoms. The summed E-state index contributed by atoms with van der Waals surface area (Å²) in [5.74, 6) is 1.39. The third-order valence-corrected chi connectivity index (χ3v) is 5.34. The Bertz CT molecular complexity index is 795. The van der Waals surface area contributed by atoms with Gasteiger partial charge >= 0.3 is 5.69 Å². The summed E-state index contributed by atoms with van der Waals surface area (Å²) in [4.78, 5) is 26.8. The molecule has 2 aliphatic heterocycles. The maximum absolute atomic E-state index is 12.5. The fourth-order valence-electron chi connectivity index (χ4n) is 4.00. The monoisotopic (exact) mass is 314 g/mol. The molecule has 0 saturated carbocycles. The summed E-state index contributed by atoms with van der Waals surface area (Å²) in [7, 11) is 1.78. The molecular formula is C17H22N4O2. The van der Waals surface area contributed by atoms with Gasteiger partial charge < -0.3 is 10.2 Å². The van der Waals surface area contributed by atoms with E-state index in [-0.39, 0.29) is 11.6 Å². The molecule has 1 N–H and O–H groups in total. The molecular weight excluding hydrogens is 292 g/mol. The first kappa shape index (κ1) is 14.5. The minimum atomic E-state index is -0.0542. The maximum Gasteiger partial charge on any atom is 0.328 e. The van der Waals surface area contributed by atoms with Crippen molar-refractivity contribution in [2.24, 2.45) is 18.9 Å². The molecule has 0 unspecified atom stereocenters. The molecule has 2 fully saturated rings. The third-order valence-electron chi connectivity index (χ3n) is 5.34. The number of aromatic nitrogens is 2. The van der Waals surface area contributed by atoms with Gasteiger partial charge in [-0.2, -0.15) is 0 Å². The van der Waals surface area contributed by atoms with Gasteiger partial charge in [-0.1, -0.05) is 12.1 Å². The van der Waals surface area contributed by atoms with Crippen LogP contribution in [0.5, 0.6) is 0 Å². The van der Waals surface area contributed by atoms with Gasteiger partial charge in [0, 0.05) is 46.2 Å². The number of imidazole rings is 1. The van der Waals surface area contributed by atoms with Crippen molar-refractivity contribution in [3.8, 4) is 0 Å². The topological polar surface area (TPSA) is 59.3 Å². The van der Waals surface area contributed by atoms with E-state index in [1.807, 2.05) is 29.2 Å². The number of rotatable bonds is 3. The van der Waals surface area contributed by atoms with Crippen LogP contribution < -0.4 is 11.0 Å². The van der Waals surface area contributed by atoms with E-state index in [0.29, 0.717) is 24.8 Å². The average Bonchev–Trinajstić information content (AvgIpc) is 3.21. The molecule has 1 aromatic carbocycles. The third kappa shape index (κ3) is 2.37. The number of carbonyl (C=O) groups is 1. The highest BCUT2D eigenvalue weighted by Crippen LogP contribution is 2.26. The number of aryl methyl sites for hydroxylation is 2. The lowest BCUT2D eigenvalue weighted by molar-refractivity contribution is -0.130. The second kappa shape index (κ2) is 5.53. The summed E-state index contributed by atoms with van der Waals surface area (Å²) in [5.41, 5.74) is 1.75. The van der Waals surface area contributed by atoms with Gasteiger partial charge in [-0.25, -0.2) is 4.79 Å². The van der Waals surface area contributed by atoms with E-state index >= 15 is 0 Å². The lowest BCUT2D eigenvalue weighted by Crippen LogP contribution is -2.33. The van der Waals surface area contributed by atoms with Crippen molar-refractivity contribution in [2.45, 2.75) is 13.0 Å². The predicted octanol–water partition coefficient (Wildman–Crippen LogP) is 0.408. The standard InChI is InChI=1S/C17H22N4O2/c1-19-14-4-2-3-5-15(14)21(17(19)23)7-6-16(22)20-10-12-8-18-9-13(12)11-20/h2-5,12-13,18H,6-11H2,1H3/t12-,13+. The molecule has 0 aliphatic carbocycles. The lowest BCUT2D eigenvalue weighted by atomic mass is 10.0. The van der Waals surface area contributed by atoms with Crippen LogP contribution in [-0.2, 0) is 18.4 Å². The zero-order chi connectivity index (χ0) is 16.0. The highest BCUT2D eigenvalue weighted by molar-refractivity contribution is 5.78. The van der Waals surface area contributed by atoms with Crippen molar-refractivity contribution in [2.75, 3.05) is 26.2 Å². The van der Waals surface area contributed by atoms with E-state index in [9.17, 15) is 9.59 Å². The molecule has 1 amide bonds. The molecule has 2 saturated heterocycles. The van der Waals surface area contributed by atoms with E-state index in [2.05, 4.69) is 5.32 Å². The molecule has 1 aromatic heterocycles. The molecule has 6 nitrogen and oxygen atoms in total.